The number of H-pyrrole nitrogens is 1. The number of aryl methyl sites for hydroxylation is 1. The van der Waals surface area contributed by atoms with Crippen LogP contribution in [0.25, 0.3) is 0 Å². The van der Waals surface area contributed by atoms with Crippen LogP contribution in [0.2, 0.25) is 0 Å². The van der Waals surface area contributed by atoms with Crippen molar-refractivity contribution in [3.8, 4) is 0 Å². The number of hydrogen-bond donors (Lipinski definition) is 1. The lowest BCUT2D eigenvalue weighted by Gasteiger charge is -1.97. The molecule has 7 heteroatoms. The molecule has 0 aliphatic carbocycles. The Bertz CT molecular complexity index is 624. The summed E-state index contributed by atoms with van der Waals surface area (Å²) in [6.07, 6.45) is 2.92. The largest absolute Gasteiger partial charge is 0.463 e. The summed E-state index contributed by atoms with van der Waals surface area (Å²) in [7, 11) is 0. The molecule has 0 unspecified atom stereocenters. The first-order valence-corrected chi connectivity index (χ1v) is 4.85. The second kappa shape index (κ2) is 4.23. The van der Waals surface area contributed by atoms with Crippen molar-refractivity contribution in [2.45, 2.75) is 6.92 Å². The zero-order valence-corrected chi connectivity index (χ0v) is 9.19. The van der Waals surface area contributed by atoms with Gasteiger partial charge in [0.2, 0.25) is 4.77 Å². The summed E-state index contributed by atoms with van der Waals surface area (Å²) in [6.45, 7) is 1.58. The van der Waals surface area contributed by atoms with Crippen LogP contribution in [0.3, 0.4) is 0 Å². The Balaban J connectivity index is 2.46. The topological polar surface area (TPSA) is 76.2 Å². The minimum absolute atomic E-state index is 0.137. The number of hydrogen-bond acceptors (Lipinski definition) is 5. The van der Waals surface area contributed by atoms with Gasteiger partial charge < -0.3 is 4.42 Å². The van der Waals surface area contributed by atoms with Crippen molar-refractivity contribution >= 4 is 18.4 Å². The quantitative estimate of drug-likeness (QED) is 0.625. The van der Waals surface area contributed by atoms with Crippen LogP contribution in [-0.4, -0.2) is 21.1 Å². The highest BCUT2D eigenvalue weighted by Gasteiger charge is 2.00. The van der Waals surface area contributed by atoms with E-state index in [1.807, 2.05) is 0 Å². The van der Waals surface area contributed by atoms with Crippen LogP contribution < -0.4 is 5.56 Å². The van der Waals surface area contributed by atoms with Gasteiger partial charge in [0.05, 0.1) is 12.5 Å². The lowest BCUT2D eigenvalue weighted by molar-refractivity contribution is 0.559. The van der Waals surface area contributed by atoms with Crippen molar-refractivity contribution in [1.29, 1.82) is 0 Å². The van der Waals surface area contributed by atoms with Crippen LogP contribution >= 0.6 is 12.2 Å². The molecule has 2 heterocycles. The van der Waals surface area contributed by atoms with E-state index in [-0.39, 0.29) is 10.3 Å². The third-order valence-corrected chi connectivity index (χ3v) is 2.12. The number of aromatic amines is 1. The molecule has 0 amide bonds. The van der Waals surface area contributed by atoms with Crippen LogP contribution in [0.1, 0.15) is 11.5 Å². The minimum atomic E-state index is -0.355. The van der Waals surface area contributed by atoms with Crippen molar-refractivity contribution in [2.75, 3.05) is 0 Å². The van der Waals surface area contributed by atoms with Gasteiger partial charge in [-0.25, -0.2) is 0 Å². The van der Waals surface area contributed by atoms with Gasteiger partial charge in [-0.1, -0.05) is 0 Å². The highest BCUT2D eigenvalue weighted by atomic mass is 32.1. The summed E-state index contributed by atoms with van der Waals surface area (Å²) in [5, 5.41) is 10.2. The molecule has 0 fully saturated rings. The molecule has 0 aromatic carbocycles. The van der Waals surface area contributed by atoms with E-state index in [4.69, 9.17) is 16.6 Å². The van der Waals surface area contributed by atoms with Crippen molar-refractivity contribution in [3.63, 3.8) is 0 Å². The van der Waals surface area contributed by atoms with Gasteiger partial charge in [-0.2, -0.15) is 14.9 Å². The fourth-order valence-corrected chi connectivity index (χ4v) is 1.23. The monoisotopic (exact) mass is 236 g/mol. The predicted octanol–water partition coefficient (Wildman–Crippen LogP) is 1.08. The van der Waals surface area contributed by atoms with E-state index in [9.17, 15) is 4.79 Å². The Kier molecular flexibility index (Phi) is 2.78. The predicted molar refractivity (Wildman–Crippen MR) is 60.1 cm³/mol. The molecule has 0 spiro atoms. The molecule has 0 aliphatic rings. The van der Waals surface area contributed by atoms with Gasteiger partial charge in [0.15, 0.2) is 0 Å². The summed E-state index contributed by atoms with van der Waals surface area (Å²) in [4.78, 5) is 11.6. The van der Waals surface area contributed by atoms with Gasteiger partial charge in [-0.15, -0.1) is 0 Å². The highest BCUT2D eigenvalue weighted by molar-refractivity contribution is 7.71. The lowest BCUT2D eigenvalue weighted by atomic mass is 10.5. The van der Waals surface area contributed by atoms with Gasteiger partial charge in [0.25, 0.3) is 5.56 Å². The molecule has 1 N–H and O–H groups in total. The lowest BCUT2D eigenvalue weighted by Crippen LogP contribution is -2.22. The molecule has 0 saturated carbocycles. The molecule has 2 rings (SSSR count). The van der Waals surface area contributed by atoms with Crippen molar-refractivity contribution in [1.82, 2.24) is 14.9 Å². The van der Waals surface area contributed by atoms with E-state index in [1.54, 1.807) is 19.1 Å². The summed E-state index contributed by atoms with van der Waals surface area (Å²) < 4.78 is 6.23. The third-order valence-electron chi connectivity index (χ3n) is 1.86. The van der Waals surface area contributed by atoms with E-state index in [2.05, 4.69) is 15.3 Å². The highest BCUT2D eigenvalue weighted by Crippen LogP contribution is 1.95. The summed E-state index contributed by atoms with van der Waals surface area (Å²) in [6, 6.07) is 3.44. The maximum Gasteiger partial charge on any atom is 0.296 e. The number of nitrogens with zero attached hydrogens (tertiary/aromatic N) is 3. The molecular weight excluding hydrogens is 228 g/mol. The fraction of sp³-hybridized carbons (Fsp3) is 0.111. The first-order chi connectivity index (χ1) is 7.68. The normalized spacial score (nSPS) is 11.1. The molecule has 82 valence electrons. The van der Waals surface area contributed by atoms with Gasteiger partial charge in [0.1, 0.15) is 11.5 Å². The summed E-state index contributed by atoms with van der Waals surface area (Å²) in [5.74, 6) is 0.538. The Morgan fingerprint density at radius 1 is 1.69 bits per heavy atom. The average molecular weight is 236 g/mol. The maximum absolute atomic E-state index is 11.6. The van der Waals surface area contributed by atoms with Gasteiger partial charge in [-0.3, -0.25) is 9.89 Å². The molecule has 0 atom stereocenters. The zero-order chi connectivity index (χ0) is 11.5. The van der Waals surface area contributed by atoms with E-state index in [0.717, 1.165) is 4.68 Å². The van der Waals surface area contributed by atoms with Gasteiger partial charge in [-0.05, 0) is 31.3 Å². The summed E-state index contributed by atoms with van der Waals surface area (Å²) in [5.41, 5.74) is -0.0586. The first kappa shape index (κ1) is 10.5. The first-order valence-electron chi connectivity index (χ1n) is 4.44. The Morgan fingerprint density at radius 2 is 2.50 bits per heavy atom. The van der Waals surface area contributed by atoms with Crippen LogP contribution in [0.5, 0.6) is 0 Å². The van der Waals surface area contributed by atoms with Crippen molar-refractivity contribution in [3.05, 3.63) is 45.0 Å². The molecule has 2 aromatic rings. The number of aromatic nitrogens is 3. The smallest absolute Gasteiger partial charge is 0.296 e. The van der Waals surface area contributed by atoms with Crippen LogP contribution in [0, 0.1) is 11.7 Å². The van der Waals surface area contributed by atoms with Gasteiger partial charge >= 0.3 is 0 Å². The Labute approximate surface area is 95.2 Å². The Hall–Kier alpha value is -2.02. The maximum atomic E-state index is 11.6. The van der Waals surface area contributed by atoms with E-state index in [1.165, 1.54) is 12.5 Å². The standard InChI is InChI=1S/C9H8N4O2S/c1-6-8(14)13(9(16)12-11-6)10-5-7-3-2-4-15-7/h2-5H,1H3,(H,12,16). The molecule has 0 saturated heterocycles. The fourth-order valence-electron chi connectivity index (χ4n) is 1.06. The Morgan fingerprint density at radius 3 is 3.19 bits per heavy atom. The second-order valence-corrected chi connectivity index (χ2v) is 3.38. The van der Waals surface area contributed by atoms with Gasteiger partial charge in [0, 0.05) is 0 Å². The molecular formula is C9H8N4O2S. The van der Waals surface area contributed by atoms with Crippen LogP contribution in [0.4, 0.5) is 0 Å². The number of rotatable bonds is 2. The number of nitrogens with one attached hydrogen (secondary N) is 1. The average Bonchev–Trinajstić information content (AvgIpc) is 2.77. The third kappa shape index (κ3) is 1.98. The van der Waals surface area contributed by atoms with E-state index < -0.39 is 0 Å². The van der Waals surface area contributed by atoms with Crippen LogP contribution in [-0.2, 0) is 0 Å². The SMILES string of the molecule is Cc1n[nH]c(=S)n(N=Cc2ccco2)c1=O. The van der Waals surface area contributed by atoms with Crippen LogP contribution in [0.15, 0.2) is 32.7 Å². The zero-order valence-electron chi connectivity index (χ0n) is 8.38. The molecule has 16 heavy (non-hydrogen) atoms. The summed E-state index contributed by atoms with van der Waals surface area (Å²) >= 11 is 4.89. The molecule has 0 aliphatic heterocycles. The number of furan rings is 1. The molecule has 0 radical (unpaired) electrons. The molecule has 0 bridgehead atoms. The molecule has 2 aromatic heterocycles. The van der Waals surface area contributed by atoms with E-state index in [0.29, 0.717) is 11.5 Å². The molecule has 6 nitrogen and oxygen atoms in total. The minimum Gasteiger partial charge on any atom is -0.463 e. The van der Waals surface area contributed by atoms with Crippen molar-refractivity contribution in [2.24, 2.45) is 5.10 Å². The van der Waals surface area contributed by atoms with E-state index >= 15 is 0 Å². The van der Waals surface area contributed by atoms with Crippen molar-refractivity contribution < 1.29 is 4.42 Å². The second-order valence-electron chi connectivity index (χ2n) is 2.99.